The second-order valence-electron chi connectivity index (χ2n) is 2.43. The molecule has 0 saturated heterocycles. The molecule has 3 N–H and O–H groups in total. The highest BCUT2D eigenvalue weighted by Gasteiger charge is 2.06. The average Bonchev–Trinajstić information content (AvgIpc) is 2.51. The van der Waals surface area contributed by atoms with Crippen molar-refractivity contribution in [2.24, 2.45) is 5.73 Å². The van der Waals surface area contributed by atoms with E-state index in [2.05, 4.69) is 10.3 Å². The number of carbonyl (C=O) groups excluding carboxylic acids is 1. The maximum Gasteiger partial charge on any atom is 0.236 e. The number of hydrogen-bond acceptors (Lipinski definition) is 4. The number of nitrogens with zero attached hydrogens (tertiary/aromatic N) is 1. The van der Waals surface area contributed by atoms with Crippen molar-refractivity contribution in [3.8, 4) is 0 Å². The van der Waals surface area contributed by atoms with Gasteiger partial charge in [0.2, 0.25) is 5.91 Å². The van der Waals surface area contributed by atoms with Crippen LogP contribution in [0, 0.1) is 0 Å². The smallest absolute Gasteiger partial charge is 0.236 e. The van der Waals surface area contributed by atoms with Crippen LogP contribution in [0.5, 0.6) is 0 Å². The van der Waals surface area contributed by atoms with Gasteiger partial charge in [0.15, 0.2) is 0 Å². The molecule has 0 saturated carbocycles. The lowest BCUT2D eigenvalue weighted by atomic mass is 10.3. The van der Waals surface area contributed by atoms with E-state index in [1.807, 2.05) is 5.38 Å². The Hall–Kier alpha value is -0.940. The van der Waals surface area contributed by atoms with Crippen molar-refractivity contribution in [2.45, 2.75) is 19.5 Å². The fourth-order valence-corrected chi connectivity index (χ4v) is 1.22. The summed E-state index contributed by atoms with van der Waals surface area (Å²) in [5.74, 6) is -0.148. The Morgan fingerprint density at radius 3 is 3.17 bits per heavy atom. The number of aromatic nitrogens is 1. The van der Waals surface area contributed by atoms with Crippen LogP contribution >= 0.6 is 11.3 Å². The minimum atomic E-state index is -0.454. The van der Waals surface area contributed by atoms with Crippen LogP contribution in [0.25, 0.3) is 0 Å². The summed E-state index contributed by atoms with van der Waals surface area (Å²) in [6.07, 6.45) is 1.71. The second kappa shape index (κ2) is 4.18. The summed E-state index contributed by atoms with van der Waals surface area (Å²) < 4.78 is 0. The van der Waals surface area contributed by atoms with Gasteiger partial charge >= 0.3 is 0 Å². The van der Waals surface area contributed by atoms with Gasteiger partial charge in [0.25, 0.3) is 0 Å². The van der Waals surface area contributed by atoms with E-state index in [0.29, 0.717) is 6.54 Å². The van der Waals surface area contributed by atoms with Gasteiger partial charge in [-0.15, -0.1) is 11.3 Å². The van der Waals surface area contributed by atoms with Crippen molar-refractivity contribution in [3.05, 3.63) is 16.6 Å². The van der Waals surface area contributed by atoms with E-state index in [1.54, 1.807) is 13.1 Å². The molecule has 0 aliphatic heterocycles. The first-order chi connectivity index (χ1) is 5.70. The van der Waals surface area contributed by atoms with E-state index in [0.717, 1.165) is 5.01 Å². The zero-order chi connectivity index (χ0) is 8.97. The van der Waals surface area contributed by atoms with Crippen LogP contribution in [0.15, 0.2) is 11.6 Å². The summed E-state index contributed by atoms with van der Waals surface area (Å²) >= 11 is 1.51. The molecule has 5 heteroatoms. The third-order valence-electron chi connectivity index (χ3n) is 1.31. The van der Waals surface area contributed by atoms with E-state index in [-0.39, 0.29) is 5.91 Å². The van der Waals surface area contributed by atoms with E-state index >= 15 is 0 Å². The number of hydrogen-bond donors (Lipinski definition) is 2. The Morgan fingerprint density at radius 2 is 2.67 bits per heavy atom. The number of nitrogens with two attached hydrogens (primary N) is 1. The number of carbonyl (C=O) groups is 1. The largest absolute Gasteiger partial charge is 0.348 e. The third kappa shape index (κ3) is 2.60. The van der Waals surface area contributed by atoms with Crippen LogP contribution < -0.4 is 11.1 Å². The molecule has 1 amide bonds. The van der Waals surface area contributed by atoms with Crippen molar-refractivity contribution < 1.29 is 4.79 Å². The van der Waals surface area contributed by atoms with Gasteiger partial charge in [-0.2, -0.15) is 0 Å². The summed E-state index contributed by atoms with van der Waals surface area (Å²) in [7, 11) is 0. The molecule has 0 aromatic carbocycles. The van der Waals surface area contributed by atoms with Gasteiger partial charge < -0.3 is 11.1 Å². The zero-order valence-corrected chi connectivity index (χ0v) is 7.60. The maximum atomic E-state index is 11.0. The summed E-state index contributed by atoms with van der Waals surface area (Å²) in [6, 6.07) is -0.454. The molecule has 0 aliphatic rings. The summed E-state index contributed by atoms with van der Waals surface area (Å²) in [4.78, 5) is 15.0. The molecule has 0 bridgehead atoms. The standard InChI is InChI=1S/C7H11N3OS/c1-5(8)7(11)10-4-6-9-2-3-12-6/h2-3,5H,4,8H2,1H3,(H,10,11)/t5-/m0/s1. The summed E-state index contributed by atoms with van der Waals surface area (Å²) in [5, 5.41) is 5.43. The number of thiazole rings is 1. The summed E-state index contributed by atoms with van der Waals surface area (Å²) in [6.45, 7) is 2.12. The average molecular weight is 185 g/mol. The third-order valence-corrected chi connectivity index (χ3v) is 2.09. The van der Waals surface area contributed by atoms with Crippen LogP contribution in [0.4, 0.5) is 0 Å². The Labute approximate surface area is 74.8 Å². The van der Waals surface area contributed by atoms with Crippen molar-refractivity contribution in [1.29, 1.82) is 0 Å². The van der Waals surface area contributed by atoms with Crippen LogP contribution in [0.1, 0.15) is 11.9 Å². The maximum absolute atomic E-state index is 11.0. The highest BCUT2D eigenvalue weighted by atomic mass is 32.1. The summed E-state index contributed by atoms with van der Waals surface area (Å²) in [5.41, 5.74) is 5.35. The molecule has 0 fully saturated rings. The van der Waals surface area contributed by atoms with Crippen molar-refractivity contribution in [1.82, 2.24) is 10.3 Å². The topological polar surface area (TPSA) is 68.0 Å². The van der Waals surface area contributed by atoms with Gasteiger partial charge in [-0.25, -0.2) is 4.98 Å². The van der Waals surface area contributed by atoms with Gasteiger partial charge in [-0.3, -0.25) is 4.79 Å². The predicted molar refractivity (Wildman–Crippen MR) is 47.6 cm³/mol. The molecular formula is C7H11N3OS. The molecule has 1 aromatic heterocycles. The molecule has 1 heterocycles. The monoisotopic (exact) mass is 185 g/mol. The lowest BCUT2D eigenvalue weighted by Gasteiger charge is -2.04. The van der Waals surface area contributed by atoms with Gasteiger partial charge in [-0.1, -0.05) is 0 Å². The van der Waals surface area contributed by atoms with Crippen molar-refractivity contribution in [3.63, 3.8) is 0 Å². The lowest BCUT2D eigenvalue weighted by molar-refractivity contribution is -0.122. The molecular weight excluding hydrogens is 174 g/mol. The first-order valence-electron chi connectivity index (χ1n) is 3.62. The molecule has 0 unspecified atom stereocenters. The first-order valence-corrected chi connectivity index (χ1v) is 4.50. The molecule has 12 heavy (non-hydrogen) atoms. The number of amides is 1. The second-order valence-corrected chi connectivity index (χ2v) is 3.41. The van der Waals surface area contributed by atoms with Gasteiger partial charge in [0, 0.05) is 11.6 Å². The highest BCUT2D eigenvalue weighted by molar-refractivity contribution is 7.09. The minimum absolute atomic E-state index is 0.148. The van der Waals surface area contributed by atoms with Crippen molar-refractivity contribution in [2.75, 3.05) is 0 Å². The van der Waals surface area contributed by atoms with Crippen LogP contribution in [-0.2, 0) is 11.3 Å². The fourth-order valence-electron chi connectivity index (χ4n) is 0.664. The number of nitrogens with one attached hydrogen (secondary N) is 1. The van der Waals surface area contributed by atoms with Crippen LogP contribution in [-0.4, -0.2) is 16.9 Å². The molecule has 4 nitrogen and oxygen atoms in total. The Balaban J connectivity index is 2.32. The van der Waals surface area contributed by atoms with Gasteiger partial charge in [-0.05, 0) is 6.92 Å². The SMILES string of the molecule is C[C@H](N)C(=O)NCc1nccs1. The lowest BCUT2D eigenvalue weighted by Crippen LogP contribution is -2.37. The number of rotatable bonds is 3. The van der Waals surface area contributed by atoms with E-state index in [1.165, 1.54) is 11.3 Å². The first kappa shape index (κ1) is 9.15. The Bertz CT molecular complexity index is 245. The van der Waals surface area contributed by atoms with E-state index in [9.17, 15) is 4.79 Å². The van der Waals surface area contributed by atoms with Crippen LogP contribution in [0.3, 0.4) is 0 Å². The molecule has 0 aliphatic carbocycles. The normalized spacial score (nSPS) is 12.5. The van der Waals surface area contributed by atoms with Gasteiger partial charge in [0.1, 0.15) is 5.01 Å². The van der Waals surface area contributed by atoms with Gasteiger partial charge in [0.05, 0.1) is 12.6 Å². The highest BCUT2D eigenvalue weighted by Crippen LogP contribution is 2.02. The molecule has 66 valence electrons. The molecule has 0 radical (unpaired) electrons. The van der Waals surface area contributed by atoms with Crippen molar-refractivity contribution >= 4 is 17.2 Å². The molecule has 1 atom stereocenters. The quantitative estimate of drug-likeness (QED) is 0.702. The Kier molecular flexibility index (Phi) is 3.19. The minimum Gasteiger partial charge on any atom is -0.348 e. The fraction of sp³-hybridized carbons (Fsp3) is 0.429. The molecule has 0 spiro atoms. The molecule has 1 rings (SSSR count). The Morgan fingerprint density at radius 1 is 1.92 bits per heavy atom. The van der Waals surface area contributed by atoms with Crippen LogP contribution in [0.2, 0.25) is 0 Å². The molecule has 1 aromatic rings. The predicted octanol–water partition coefficient (Wildman–Crippen LogP) is 0.107. The zero-order valence-electron chi connectivity index (χ0n) is 6.78. The van der Waals surface area contributed by atoms with E-state index in [4.69, 9.17) is 5.73 Å². The van der Waals surface area contributed by atoms with E-state index < -0.39 is 6.04 Å².